The average Bonchev–Trinajstić information content (AvgIpc) is 2.47. The third-order valence-electron chi connectivity index (χ3n) is 2.67. The van der Waals surface area contributed by atoms with Gasteiger partial charge >= 0.3 is 5.97 Å². The summed E-state index contributed by atoms with van der Waals surface area (Å²) in [6.07, 6.45) is 0. The van der Waals surface area contributed by atoms with Crippen LogP contribution in [0.15, 0.2) is 58.8 Å². The van der Waals surface area contributed by atoms with Gasteiger partial charge in [0.2, 0.25) is 0 Å². The molecule has 0 aliphatic heterocycles. The number of nitrogens with one attached hydrogen (secondary N) is 1. The lowest BCUT2D eigenvalue weighted by atomic mass is 10.2. The number of nitrogens with zero attached hydrogens (tertiary/aromatic N) is 2. The molecule has 20 heavy (non-hydrogen) atoms. The van der Waals surface area contributed by atoms with Gasteiger partial charge in [-0.1, -0.05) is 24.3 Å². The lowest BCUT2D eigenvalue weighted by Crippen LogP contribution is -1.96. The van der Waals surface area contributed by atoms with Gasteiger partial charge in [-0.15, -0.1) is 10.2 Å². The van der Waals surface area contributed by atoms with Crippen LogP contribution in [0.2, 0.25) is 0 Å². The van der Waals surface area contributed by atoms with Crippen LogP contribution in [0.1, 0.15) is 17.3 Å². The van der Waals surface area contributed by atoms with Crippen LogP contribution in [0.5, 0.6) is 0 Å². The van der Waals surface area contributed by atoms with Crippen molar-refractivity contribution in [3.8, 4) is 0 Å². The molecule has 0 aromatic heterocycles. The van der Waals surface area contributed by atoms with Gasteiger partial charge in [-0.2, -0.15) is 0 Å². The fraction of sp³-hybridized carbons (Fsp3) is 0.133. The van der Waals surface area contributed by atoms with Crippen molar-refractivity contribution in [2.75, 3.05) is 11.9 Å². The number of aromatic carboxylic acids is 1. The minimum Gasteiger partial charge on any atom is -0.478 e. The van der Waals surface area contributed by atoms with Gasteiger partial charge in [0.1, 0.15) is 11.4 Å². The molecule has 0 aliphatic carbocycles. The fourth-order valence-corrected chi connectivity index (χ4v) is 1.75. The molecule has 0 unspecified atom stereocenters. The van der Waals surface area contributed by atoms with Gasteiger partial charge in [0, 0.05) is 6.54 Å². The maximum atomic E-state index is 11.1. The number of anilines is 1. The van der Waals surface area contributed by atoms with Crippen LogP contribution < -0.4 is 5.32 Å². The number of hydrogen-bond donors (Lipinski definition) is 2. The van der Waals surface area contributed by atoms with Crippen LogP contribution >= 0.6 is 0 Å². The molecule has 0 spiro atoms. The Morgan fingerprint density at radius 2 is 1.65 bits per heavy atom. The number of carbonyl (C=O) groups is 1. The summed E-state index contributed by atoms with van der Waals surface area (Å²) in [7, 11) is 0. The predicted octanol–water partition coefficient (Wildman–Crippen LogP) is 4.23. The van der Waals surface area contributed by atoms with E-state index in [1.807, 2.05) is 31.2 Å². The Morgan fingerprint density at radius 1 is 1.05 bits per heavy atom. The molecule has 0 saturated carbocycles. The number of para-hydroxylation sites is 1. The SMILES string of the molecule is CCNc1ccccc1N=Nc1ccccc1C(=O)O. The van der Waals surface area contributed by atoms with E-state index in [9.17, 15) is 4.79 Å². The zero-order valence-corrected chi connectivity index (χ0v) is 11.1. The zero-order valence-electron chi connectivity index (χ0n) is 11.1. The molecular formula is C15H15N3O2. The Morgan fingerprint density at radius 3 is 2.35 bits per heavy atom. The molecule has 2 aromatic carbocycles. The van der Waals surface area contributed by atoms with Crippen molar-refractivity contribution in [3.63, 3.8) is 0 Å². The summed E-state index contributed by atoms with van der Waals surface area (Å²) in [6.45, 7) is 2.77. The van der Waals surface area contributed by atoms with E-state index in [1.165, 1.54) is 6.07 Å². The number of carboxylic acid groups (broad SMARTS) is 1. The first-order chi connectivity index (χ1) is 9.72. The second kappa shape index (κ2) is 6.47. The zero-order chi connectivity index (χ0) is 14.4. The quantitative estimate of drug-likeness (QED) is 0.797. The molecule has 102 valence electrons. The van der Waals surface area contributed by atoms with Crippen molar-refractivity contribution in [2.24, 2.45) is 10.2 Å². The van der Waals surface area contributed by atoms with Crippen molar-refractivity contribution in [1.82, 2.24) is 0 Å². The van der Waals surface area contributed by atoms with Crippen molar-refractivity contribution >= 4 is 23.0 Å². The minimum absolute atomic E-state index is 0.136. The van der Waals surface area contributed by atoms with Crippen molar-refractivity contribution in [2.45, 2.75) is 6.92 Å². The molecular weight excluding hydrogens is 254 g/mol. The van der Waals surface area contributed by atoms with E-state index in [-0.39, 0.29) is 5.56 Å². The van der Waals surface area contributed by atoms with Crippen molar-refractivity contribution in [1.29, 1.82) is 0 Å². The number of carboxylic acids is 1. The Bertz CT molecular complexity index is 639. The van der Waals surface area contributed by atoms with E-state index in [0.29, 0.717) is 11.4 Å². The third kappa shape index (κ3) is 3.20. The van der Waals surface area contributed by atoms with Crippen LogP contribution in [0.25, 0.3) is 0 Å². The van der Waals surface area contributed by atoms with Gasteiger partial charge in [-0.3, -0.25) is 0 Å². The maximum Gasteiger partial charge on any atom is 0.337 e. The number of azo groups is 1. The highest BCUT2D eigenvalue weighted by atomic mass is 16.4. The van der Waals surface area contributed by atoms with Crippen LogP contribution in [0, 0.1) is 0 Å². The van der Waals surface area contributed by atoms with Gasteiger partial charge in [0.15, 0.2) is 0 Å². The summed E-state index contributed by atoms with van der Waals surface area (Å²) in [5, 5.41) is 20.4. The normalized spacial score (nSPS) is 10.7. The van der Waals surface area contributed by atoms with Crippen molar-refractivity contribution < 1.29 is 9.90 Å². The summed E-state index contributed by atoms with van der Waals surface area (Å²) < 4.78 is 0. The van der Waals surface area contributed by atoms with Gasteiger partial charge in [0.25, 0.3) is 0 Å². The largest absolute Gasteiger partial charge is 0.478 e. The highest BCUT2D eigenvalue weighted by Crippen LogP contribution is 2.27. The average molecular weight is 269 g/mol. The number of hydrogen-bond acceptors (Lipinski definition) is 4. The molecule has 0 heterocycles. The molecule has 0 radical (unpaired) electrons. The highest BCUT2D eigenvalue weighted by Gasteiger charge is 2.08. The first kappa shape index (κ1) is 13.7. The smallest absolute Gasteiger partial charge is 0.337 e. The van der Waals surface area contributed by atoms with E-state index >= 15 is 0 Å². The molecule has 5 heteroatoms. The van der Waals surface area contributed by atoms with Crippen molar-refractivity contribution in [3.05, 3.63) is 54.1 Å². The highest BCUT2D eigenvalue weighted by molar-refractivity contribution is 5.93. The summed E-state index contributed by atoms with van der Waals surface area (Å²) in [5.41, 5.74) is 2.02. The summed E-state index contributed by atoms with van der Waals surface area (Å²) in [4.78, 5) is 11.1. The molecule has 0 atom stereocenters. The standard InChI is InChI=1S/C15H15N3O2/c1-2-16-13-9-5-6-10-14(13)18-17-12-8-4-3-7-11(12)15(19)20/h3-10,16H,2H2,1H3,(H,19,20). The van der Waals surface area contributed by atoms with Gasteiger partial charge in [0.05, 0.1) is 11.3 Å². The van der Waals surface area contributed by atoms with E-state index in [4.69, 9.17) is 5.11 Å². The molecule has 0 bridgehead atoms. The second-order valence-electron chi connectivity index (χ2n) is 4.07. The molecule has 5 nitrogen and oxygen atoms in total. The van der Waals surface area contributed by atoms with Gasteiger partial charge < -0.3 is 10.4 Å². The number of rotatable bonds is 5. The Labute approximate surface area is 117 Å². The summed E-state index contributed by atoms with van der Waals surface area (Å²) in [5.74, 6) is -1.01. The molecule has 0 fully saturated rings. The number of benzene rings is 2. The molecule has 2 rings (SSSR count). The Balaban J connectivity index is 2.33. The molecule has 0 aliphatic rings. The predicted molar refractivity (Wildman–Crippen MR) is 78.2 cm³/mol. The Kier molecular flexibility index (Phi) is 4.44. The summed E-state index contributed by atoms with van der Waals surface area (Å²) >= 11 is 0. The first-order valence-electron chi connectivity index (χ1n) is 6.29. The molecule has 2 aromatic rings. The topological polar surface area (TPSA) is 74.0 Å². The van der Waals surface area contributed by atoms with Crippen LogP contribution in [-0.2, 0) is 0 Å². The monoisotopic (exact) mass is 269 g/mol. The molecule has 0 saturated heterocycles. The molecule has 0 amide bonds. The second-order valence-corrected chi connectivity index (χ2v) is 4.07. The maximum absolute atomic E-state index is 11.1. The van der Waals surface area contributed by atoms with E-state index in [1.54, 1.807) is 18.2 Å². The summed E-state index contributed by atoms with van der Waals surface area (Å²) in [6, 6.07) is 14.0. The van der Waals surface area contributed by atoms with Gasteiger partial charge in [-0.25, -0.2) is 4.79 Å². The van der Waals surface area contributed by atoms with Crippen LogP contribution in [0.4, 0.5) is 17.1 Å². The first-order valence-corrected chi connectivity index (χ1v) is 6.29. The fourth-order valence-electron chi connectivity index (χ4n) is 1.75. The third-order valence-corrected chi connectivity index (χ3v) is 2.67. The lowest BCUT2D eigenvalue weighted by molar-refractivity contribution is 0.0698. The van der Waals surface area contributed by atoms with E-state index < -0.39 is 5.97 Å². The Hall–Kier alpha value is -2.69. The van der Waals surface area contributed by atoms with E-state index in [2.05, 4.69) is 15.5 Å². The van der Waals surface area contributed by atoms with E-state index in [0.717, 1.165) is 12.2 Å². The molecule has 2 N–H and O–H groups in total. The van der Waals surface area contributed by atoms with Crippen LogP contribution in [0.3, 0.4) is 0 Å². The minimum atomic E-state index is -1.01. The van der Waals surface area contributed by atoms with Crippen LogP contribution in [-0.4, -0.2) is 17.6 Å². The van der Waals surface area contributed by atoms with Gasteiger partial charge in [-0.05, 0) is 31.2 Å². The lowest BCUT2D eigenvalue weighted by Gasteiger charge is -2.05.